The average molecular weight is 572 g/mol. The maximum Gasteiger partial charge on any atom is 0.355 e. The van der Waals surface area contributed by atoms with E-state index in [-0.39, 0.29) is 17.3 Å². The van der Waals surface area contributed by atoms with Crippen molar-refractivity contribution in [2.45, 2.75) is 31.6 Å². The number of benzodiazepines with no additional fused rings is 1. The molecule has 39 heavy (non-hydrogen) atoms. The van der Waals surface area contributed by atoms with Gasteiger partial charge in [0, 0.05) is 37.9 Å². The number of nitrogens with zero attached hydrogens (tertiary/aromatic N) is 4. The third kappa shape index (κ3) is 6.81. The van der Waals surface area contributed by atoms with Crippen LogP contribution in [0, 0.1) is 0 Å². The fourth-order valence-electron chi connectivity index (χ4n) is 4.02. The summed E-state index contributed by atoms with van der Waals surface area (Å²) < 4.78 is 0. The summed E-state index contributed by atoms with van der Waals surface area (Å²) in [6, 6.07) is 14.2. The van der Waals surface area contributed by atoms with Crippen LogP contribution in [0.25, 0.3) is 0 Å². The Morgan fingerprint density at radius 3 is 2.38 bits per heavy atom. The first-order valence-corrected chi connectivity index (χ1v) is 14.3. The van der Waals surface area contributed by atoms with Gasteiger partial charge in [0.1, 0.15) is 6.04 Å². The zero-order valence-electron chi connectivity index (χ0n) is 22.3. The number of nitrogens with two attached hydrogens (primary N) is 1. The van der Waals surface area contributed by atoms with Crippen molar-refractivity contribution < 1.29 is 24.0 Å². The molecule has 12 heteroatoms. The second kappa shape index (κ2) is 13.6. The zero-order valence-corrected chi connectivity index (χ0v) is 24.0. The van der Waals surface area contributed by atoms with E-state index in [4.69, 9.17) is 15.6 Å². The van der Waals surface area contributed by atoms with Gasteiger partial charge in [0.05, 0.1) is 17.4 Å². The molecule has 2 aromatic rings. The van der Waals surface area contributed by atoms with E-state index in [9.17, 15) is 19.2 Å². The molecule has 0 aliphatic carbocycles. The van der Waals surface area contributed by atoms with Crippen molar-refractivity contribution in [3.63, 3.8) is 0 Å². The molecule has 2 unspecified atom stereocenters. The van der Waals surface area contributed by atoms with Gasteiger partial charge in [-0.05, 0) is 24.5 Å². The Hall–Kier alpha value is -3.35. The minimum absolute atomic E-state index is 0.0623. The van der Waals surface area contributed by atoms with E-state index in [0.717, 1.165) is 9.96 Å². The number of carbonyl (C=O) groups is 4. The van der Waals surface area contributed by atoms with Gasteiger partial charge in [-0.25, -0.2) is 9.79 Å². The van der Waals surface area contributed by atoms with Gasteiger partial charge in [-0.1, -0.05) is 48.5 Å². The number of benzene rings is 2. The molecule has 2 aromatic carbocycles. The molecule has 3 atom stereocenters. The predicted octanol–water partition coefficient (Wildman–Crippen LogP) is 1.97. The van der Waals surface area contributed by atoms with Gasteiger partial charge in [0.2, 0.25) is 18.0 Å². The average Bonchev–Trinajstić information content (AvgIpc) is 3.06. The molecule has 0 saturated heterocycles. The minimum Gasteiger partial charge on any atom is -0.332 e. The molecule has 1 heterocycles. The van der Waals surface area contributed by atoms with Crippen LogP contribution in [0.15, 0.2) is 59.6 Å². The summed E-state index contributed by atoms with van der Waals surface area (Å²) in [5.74, 6) is -1.77. The standard InChI is InChI=1S/C27H33N5O5S2/c1-17(33)30(2)22(14-15-39-4)27(36)37-32-21-13-9-8-12-19(21)23(18-10-6-5-7-11-18)29-24(26(32)35)31(3)25(34)20(28)16-38/h5-13,20,22,24,38H,14-16,28H2,1-4H3/t20?,22-,24?/m0/s1. The lowest BCUT2D eigenvalue weighted by atomic mass is 10.0. The van der Waals surface area contributed by atoms with Gasteiger partial charge in [-0.2, -0.15) is 24.4 Å². The van der Waals surface area contributed by atoms with Crippen LogP contribution in [0.2, 0.25) is 0 Å². The molecule has 0 fully saturated rings. The summed E-state index contributed by atoms with van der Waals surface area (Å²) in [4.78, 5) is 65.5. The number of aliphatic imine (C=N–C) groups is 1. The van der Waals surface area contributed by atoms with Crippen molar-refractivity contribution in [1.29, 1.82) is 0 Å². The summed E-state index contributed by atoms with van der Waals surface area (Å²) in [7, 11) is 2.93. The first-order chi connectivity index (χ1) is 18.6. The third-order valence-electron chi connectivity index (χ3n) is 6.34. The highest BCUT2D eigenvalue weighted by molar-refractivity contribution is 7.98. The molecule has 0 bridgehead atoms. The number of amides is 3. The number of hydrogen-bond donors (Lipinski definition) is 2. The van der Waals surface area contributed by atoms with E-state index in [1.807, 2.05) is 36.6 Å². The van der Waals surface area contributed by atoms with Crippen LogP contribution in [0.1, 0.15) is 24.5 Å². The summed E-state index contributed by atoms with van der Waals surface area (Å²) in [6.07, 6.45) is 0.818. The van der Waals surface area contributed by atoms with Crippen molar-refractivity contribution in [3.8, 4) is 0 Å². The molecule has 0 radical (unpaired) electrons. The van der Waals surface area contributed by atoms with Gasteiger partial charge in [-0.15, -0.1) is 5.06 Å². The maximum absolute atomic E-state index is 14.0. The predicted molar refractivity (Wildman–Crippen MR) is 156 cm³/mol. The molecule has 0 aromatic heterocycles. The molecule has 3 rings (SSSR count). The molecule has 1 aliphatic rings. The largest absolute Gasteiger partial charge is 0.355 e. The van der Waals surface area contributed by atoms with E-state index in [2.05, 4.69) is 12.6 Å². The van der Waals surface area contributed by atoms with E-state index in [0.29, 0.717) is 29.0 Å². The Morgan fingerprint density at radius 1 is 1.13 bits per heavy atom. The zero-order chi connectivity index (χ0) is 28.7. The smallest absolute Gasteiger partial charge is 0.332 e. The Balaban J connectivity index is 2.14. The molecule has 10 nitrogen and oxygen atoms in total. The van der Waals surface area contributed by atoms with Crippen molar-refractivity contribution in [1.82, 2.24) is 9.80 Å². The molecular formula is C27H33N5O5S2. The lowest BCUT2D eigenvalue weighted by Gasteiger charge is -2.31. The summed E-state index contributed by atoms with van der Waals surface area (Å²) in [5, 5.41) is 0.873. The van der Waals surface area contributed by atoms with Crippen LogP contribution in [-0.4, -0.2) is 89.3 Å². The van der Waals surface area contributed by atoms with Gasteiger partial charge < -0.3 is 20.4 Å². The normalized spacial score (nSPS) is 16.4. The van der Waals surface area contributed by atoms with Gasteiger partial charge in [0.25, 0.3) is 0 Å². The third-order valence-corrected chi connectivity index (χ3v) is 7.38. The molecule has 1 aliphatic heterocycles. The number of thioether (sulfide) groups is 1. The molecule has 0 spiro atoms. The van der Waals surface area contributed by atoms with Crippen molar-refractivity contribution in [2.75, 3.05) is 36.9 Å². The van der Waals surface area contributed by atoms with Crippen molar-refractivity contribution >= 4 is 59.5 Å². The molecule has 208 valence electrons. The first-order valence-electron chi connectivity index (χ1n) is 12.3. The highest BCUT2D eigenvalue weighted by Gasteiger charge is 2.40. The number of carbonyl (C=O) groups excluding carboxylic acids is 4. The lowest BCUT2D eigenvalue weighted by Crippen LogP contribution is -2.54. The highest BCUT2D eigenvalue weighted by Crippen LogP contribution is 2.30. The van der Waals surface area contributed by atoms with Crippen LogP contribution < -0.4 is 10.8 Å². The number of hydrogen-bond acceptors (Lipinski definition) is 9. The van der Waals surface area contributed by atoms with Crippen LogP contribution in [0.5, 0.6) is 0 Å². The number of hydroxylamine groups is 1. The molecule has 3 amide bonds. The first kappa shape index (κ1) is 30.2. The second-order valence-electron chi connectivity index (χ2n) is 8.94. The fraction of sp³-hybridized carbons (Fsp3) is 0.370. The molecule has 0 saturated carbocycles. The number of fused-ring (bicyclic) bond motifs is 1. The van der Waals surface area contributed by atoms with Gasteiger partial charge in [0.15, 0.2) is 0 Å². The van der Waals surface area contributed by atoms with Gasteiger partial charge in [-0.3, -0.25) is 14.4 Å². The topological polar surface area (TPSA) is 126 Å². The number of anilines is 1. The van der Waals surface area contributed by atoms with Crippen LogP contribution in [-0.2, 0) is 24.0 Å². The SMILES string of the molecule is CSCC[C@@H](C(=O)ON1C(=O)C(N(C)C(=O)C(N)CS)N=C(c2ccccc2)c2ccccc21)N(C)C(C)=O. The summed E-state index contributed by atoms with van der Waals surface area (Å²) in [6.45, 7) is 1.35. The Morgan fingerprint density at radius 2 is 1.77 bits per heavy atom. The van der Waals surface area contributed by atoms with Crippen LogP contribution in [0.4, 0.5) is 5.69 Å². The van der Waals surface area contributed by atoms with E-state index in [1.54, 1.807) is 24.3 Å². The summed E-state index contributed by atoms with van der Waals surface area (Å²) in [5.41, 5.74) is 7.86. The monoisotopic (exact) mass is 571 g/mol. The Kier molecular flexibility index (Phi) is 10.6. The Bertz CT molecular complexity index is 1240. The minimum atomic E-state index is -1.39. The van der Waals surface area contributed by atoms with E-state index >= 15 is 0 Å². The summed E-state index contributed by atoms with van der Waals surface area (Å²) >= 11 is 5.63. The molecular weight excluding hydrogens is 538 g/mol. The van der Waals surface area contributed by atoms with E-state index in [1.165, 1.54) is 37.7 Å². The van der Waals surface area contributed by atoms with Crippen LogP contribution >= 0.6 is 24.4 Å². The lowest BCUT2D eigenvalue weighted by molar-refractivity contribution is -0.159. The highest BCUT2D eigenvalue weighted by atomic mass is 32.2. The quantitative estimate of drug-likeness (QED) is 0.418. The van der Waals surface area contributed by atoms with Crippen molar-refractivity contribution in [2.24, 2.45) is 10.7 Å². The number of thiol groups is 1. The maximum atomic E-state index is 14.0. The van der Waals surface area contributed by atoms with Crippen LogP contribution in [0.3, 0.4) is 0 Å². The number of rotatable bonds is 10. The van der Waals surface area contributed by atoms with Crippen molar-refractivity contribution in [3.05, 3.63) is 65.7 Å². The van der Waals surface area contributed by atoms with E-state index < -0.39 is 36.0 Å². The molecule has 2 N–H and O–H groups in total. The number of likely N-dealkylation sites (N-methyl/N-ethyl adjacent to an activating group) is 2. The Labute approximate surface area is 237 Å². The van der Waals surface area contributed by atoms with Gasteiger partial charge >= 0.3 is 11.9 Å². The second-order valence-corrected chi connectivity index (χ2v) is 10.3. The number of para-hydroxylation sites is 1. The fourth-order valence-corrected chi connectivity index (χ4v) is 4.64.